The molecule has 170 valence electrons. The first-order valence-electron chi connectivity index (χ1n) is 11.1. The van der Waals surface area contributed by atoms with E-state index >= 15 is 0 Å². The van der Waals surface area contributed by atoms with Crippen molar-refractivity contribution in [2.75, 3.05) is 26.2 Å². The van der Waals surface area contributed by atoms with Crippen LogP contribution < -0.4 is 0 Å². The molecule has 5 rings (SSSR count). The van der Waals surface area contributed by atoms with Crippen LogP contribution in [0.4, 0.5) is 0 Å². The van der Waals surface area contributed by atoms with E-state index in [-0.39, 0.29) is 29.5 Å². The third-order valence-electron chi connectivity index (χ3n) is 6.58. The monoisotopic (exact) mass is 457 g/mol. The highest BCUT2D eigenvalue weighted by Gasteiger charge is 2.33. The maximum absolute atomic E-state index is 13.1. The number of nitrogens with zero attached hydrogens (tertiary/aromatic N) is 3. The highest BCUT2D eigenvalue weighted by Crippen LogP contribution is 2.31. The van der Waals surface area contributed by atoms with Gasteiger partial charge in [-0.25, -0.2) is 8.42 Å². The van der Waals surface area contributed by atoms with E-state index in [1.165, 1.54) is 15.4 Å². The van der Waals surface area contributed by atoms with Crippen molar-refractivity contribution in [3.05, 3.63) is 46.5 Å². The Bertz CT molecular complexity index is 1270. The first-order chi connectivity index (χ1) is 15.3. The largest absolute Gasteiger partial charge is 0.464 e. The minimum absolute atomic E-state index is 0.00946. The molecule has 1 aliphatic carbocycles. The second-order valence-electron chi connectivity index (χ2n) is 8.70. The number of aromatic nitrogens is 1. The van der Waals surface area contributed by atoms with Crippen molar-refractivity contribution >= 4 is 26.9 Å². The summed E-state index contributed by atoms with van der Waals surface area (Å²) in [6.45, 7) is 4.71. The van der Waals surface area contributed by atoms with E-state index in [2.05, 4.69) is 17.3 Å². The predicted molar refractivity (Wildman–Crippen MR) is 118 cm³/mol. The minimum atomic E-state index is -3.71. The number of sulfonamides is 1. The fourth-order valence-electron chi connectivity index (χ4n) is 4.92. The Morgan fingerprint density at radius 3 is 2.59 bits per heavy atom. The lowest BCUT2D eigenvalue weighted by molar-refractivity contribution is -0.130. The molecule has 3 aromatic rings. The molecule has 0 N–H and O–H groups in total. The van der Waals surface area contributed by atoms with Gasteiger partial charge in [0.25, 0.3) is 0 Å². The van der Waals surface area contributed by atoms with Gasteiger partial charge in [-0.15, -0.1) is 0 Å². The van der Waals surface area contributed by atoms with Crippen LogP contribution in [0.3, 0.4) is 0 Å². The van der Waals surface area contributed by atoms with Crippen molar-refractivity contribution in [2.45, 2.75) is 50.8 Å². The second-order valence-corrected chi connectivity index (χ2v) is 10.6. The van der Waals surface area contributed by atoms with Gasteiger partial charge >= 0.3 is 0 Å². The fourth-order valence-corrected chi connectivity index (χ4v) is 6.68. The first kappa shape index (κ1) is 21.2. The molecule has 1 amide bonds. The number of amides is 1. The van der Waals surface area contributed by atoms with Gasteiger partial charge in [0.05, 0.1) is 12.7 Å². The molecule has 1 fully saturated rings. The maximum Gasteiger partial charge on any atom is 0.248 e. The van der Waals surface area contributed by atoms with Crippen molar-refractivity contribution in [1.82, 2.24) is 14.4 Å². The number of hydrogen-bond donors (Lipinski definition) is 0. The summed E-state index contributed by atoms with van der Waals surface area (Å²) in [6, 6.07) is 4.28. The Balaban J connectivity index is 1.30. The smallest absolute Gasteiger partial charge is 0.248 e. The van der Waals surface area contributed by atoms with Crippen LogP contribution in [0.1, 0.15) is 41.0 Å². The average molecular weight is 458 g/mol. The summed E-state index contributed by atoms with van der Waals surface area (Å²) in [5.41, 5.74) is 4.78. The molecule has 1 aromatic carbocycles. The van der Waals surface area contributed by atoms with Gasteiger partial charge in [0.1, 0.15) is 16.2 Å². The van der Waals surface area contributed by atoms with E-state index in [1.54, 1.807) is 25.0 Å². The number of carbonyl (C=O) groups is 1. The van der Waals surface area contributed by atoms with Gasteiger partial charge in [-0.05, 0) is 62.8 Å². The SMILES string of the molecule is Cc1noc(C)c1S(=O)(=O)N1CCCN(C(=O)Cc2coc3cc4c(cc23)CCC4)CC1. The van der Waals surface area contributed by atoms with Crippen LogP contribution in [0.15, 0.2) is 32.2 Å². The molecule has 2 aliphatic rings. The van der Waals surface area contributed by atoms with Crippen molar-refractivity contribution in [3.63, 3.8) is 0 Å². The van der Waals surface area contributed by atoms with Crippen LogP contribution in [0.25, 0.3) is 11.0 Å². The molecule has 32 heavy (non-hydrogen) atoms. The Hall–Kier alpha value is -2.65. The van der Waals surface area contributed by atoms with Gasteiger partial charge in [-0.1, -0.05) is 5.16 Å². The summed E-state index contributed by atoms with van der Waals surface area (Å²) in [5, 5.41) is 4.79. The molecule has 3 heterocycles. The number of aryl methyl sites for hydroxylation is 4. The Morgan fingerprint density at radius 1 is 1.06 bits per heavy atom. The number of hydrogen-bond acceptors (Lipinski definition) is 6. The van der Waals surface area contributed by atoms with Crippen LogP contribution >= 0.6 is 0 Å². The fraction of sp³-hybridized carbons (Fsp3) is 0.478. The maximum atomic E-state index is 13.1. The second kappa shape index (κ2) is 8.04. The van der Waals surface area contributed by atoms with Gasteiger partial charge in [0, 0.05) is 37.1 Å². The van der Waals surface area contributed by atoms with Crippen LogP contribution in [-0.4, -0.2) is 54.9 Å². The predicted octanol–water partition coefficient (Wildman–Crippen LogP) is 2.99. The van der Waals surface area contributed by atoms with Gasteiger partial charge in [0.2, 0.25) is 15.9 Å². The zero-order chi connectivity index (χ0) is 22.5. The van der Waals surface area contributed by atoms with E-state index < -0.39 is 10.0 Å². The minimum Gasteiger partial charge on any atom is -0.464 e. The van der Waals surface area contributed by atoms with Crippen LogP contribution in [0.5, 0.6) is 0 Å². The number of benzene rings is 1. The molecule has 1 aliphatic heterocycles. The van der Waals surface area contributed by atoms with Gasteiger partial charge in [-0.3, -0.25) is 4.79 Å². The zero-order valence-corrected chi connectivity index (χ0v) is 19.2. The molecule has 9 heteroatoms. The Kier molecular flexibility index (Phi) is 5.33. The Morgan fingerprint density at radius 2 is 1.84 bits per heavy atom. The lowest BCUT2D eigenvalue weighted by Crippen LogP contribution is -2.38. The van der Waals surface area contributed by atoms with E-state index in [0.29, 0.717) is 31.7 Å². The highest BCUT2D eigenvalue weighted by molar-refractivity contribution is 7.89. The lowest BCUT2D eigenvalue weighted by atomic mass is 10.0. The van der Waals surface area contributed by atoms with Crippen LogP contribution in [-0.2, 0) is 34.1 Å². The van der Waals surface area contributed by atoms with Crippen LogP contribution in [0, 0.1) is 13.8 Å². The van der Waals surface area contributed by atoms with Gasteiger partial charge in [-0.2, -0.15) is 4.31 Å². The number of carbonyl (C=O) groups excluding carboxylic acids is 1. The summed E-state index contributed by atoms with van der Waals surface area (Å²) in [5.74, 6) is 0.280. The first-order valence-corrected chi connectivity index (χ1v) is 12.5. The zero-order valence-electron chi connectivity index (χ0n) is 18.4. The summed E-state index contributed by atoms with van der Waals surface area (Å²) < 4.78 is 38.5. The number of furan rings is 1. The van der Waals surface area contributed by atoms with E-state index in [9.17, 15) is 13.2 Å². The van der Waals surface area contributed by atoms with E-state index in [4.69, 9.17) is 8.94 Å². The molecular formula is C23H27N3O5S. The van der Waals surface area contributed by atoms with Crippen molar-refractivity contribution < 1.29 is 22.2 Å². The summed E-state index contributed by atoms with van der Waals surface area (Å²) in [6.07, 6.45) is 5.84. The van der Waals surface area contributed by atoms with E-state index in [0.717, 1.165) is 35.8 Å². The standard InChI is InChI=1S/C23H27N3O5S/c1-15-23(16(2)31-24-15)32(28,29)26-8-4-7-25(9-10-26)22(27)13-19-14-30-21-12-18-6-3-5-17(18)11-20(19)21/h11-12,14H,3-10,13H2,1-2H3. The molecular weight excluding hydrogens is 430 g/mol. The molecule has 0 bridgehead atoms. The molecule has 0 unspecified atom stereocenters. The summed E-state index contributed by atoms with van der Waals surface area (Å²) >= 11 is 0. The molecule has 0 saturated carbocycles. The third-order valence-corrected chi connectivity index (χ3v) is 8.73. The normalized spacial score (nSPS) is 17.6. The van der Waals surface area contributed by atoms with Gasteiger partial charge < -0.3 is 13.8 Å². The lowest BCUT2D eigenvalue weighted by Gasteiger charge is -2.22. The van der Waals surface area contributed by atoms with Crippen molar-refractivity contribution in [2.24, 2.45) is 0 Å². The third kappa shape index (κ3) is 3.63. The van der Waals surface area contributed by atoms with Crippen molar-refractivity contribution in [3.8, 4) is 0 Å². The topological polar surface area (TPSA) is 96.9 Å². The average Bonchev–Trinajstić information content (AvgIpc) is 3.39. The summed E-state index contributed by atoms with van der Waals surface area (Å²) in [7, 11) is -3.71. The van der Waals surface area contributed by atoms with Crippen molar-refractivity contribution in [1.29, 1.82) is 0 Å². The highest BCUT2D eigenvalue weighted by atomic mass is 32.2. The van der Waals surface area contributed by atoms with E-state index in [1.807, 2.05) is 0 Å². The summed E-state index contributed by atoms with van der Waals surface area (Å²) in [4.78, 5) is 15.0. The number of fused-ring (bicyclic) bond motifs is 2. The quantitative estimate of drug-likeness (QED) is 0.598. The number of rotatable bonds is 4. The molecule has 8 nitrogen and oxygen atoms in total. The molecule has 2 aromatic heterocycles. The van der Waals surface area contributed by atoms with Crippen LogP contribution in [0.2, 0.25) is 0 Å². The molecule has 1 saturated heterocycles. The molecule has 0 spiro atoms. The Labute approximate surface area is 187 Å². The van der Waals surface area contributed by atoms with Gasteiger partial charge in [0.15, 0.2) is 5.76 Å². The molecule has 0 radical (unpaired) electrons. The molecule has 0 atom stereocenters.